The summed E-state index contributed by atoms with van der Waals surface area (Å²) in [6.45, 7) is 5.28. The Morgan fingerprint density at radius 2 is 1.91 bits per heavy atom. The second kappa shape index (κ2) is 10.6. The van der Waals surface area contributed by atoms with Crippen LogP contribution in [0.5, 0.6) is 0 Å². The molecule has 1 atom stereocenters. The molecule has 5 nitrogen and oxygen atoms in total. The van der Waals surface area contributed by atoms with Crippen LogP contribution in [0.3, 0.4) is 0 Å². The van der Waals surface area contributed by atoms with Crippen LogP contribution in [-0.2, 0) is 4.79 Å². The summed E-state index contributed by atoms with van der Waals surface area (Å²) in [5.74, 6) is 0.680. The molecule has 1 amide bonds. The van der Waals surface area contributed by atoms with Gasteiger partial charge < -0.3 is 15.5 Å². The summed E-state index contributed by atoms with van der Waals surface area (Å²) < 4.78 is 0. The predicted molar refractivity (Wildman–Crippen MR) is 96.5 cm³/mol. The normalized spacial score (nSPS) is 12.6. The molecule has 1 unspecified atom stereocenters. The number of likely N-dealkylation sites (N-methyl/N-ethyl adjacent to an activating group) is 1. The second-order valence-corrected chi connectivity index (χ2v) is 5.86. The SMILES string of the molecule is CCCCCNC(=NCC(=O)N(C)C)NC(C)c1ccccc1. The number of guanidine groups is 1. The van der Waals surface area contributed by atoms with E-state index in [1.807, 2.05) is 18.2 Å². The molecule has 0 aliphatic heterocycles. The predicted octanol–water partition coefficient (Wildman–Crippen LogP) is 2.56. The maximum atomic E-state index is 11.7. The first kappa shape index (κ1) is 19.0. The smallest absolute Gasteiger partial charge is 0.243 e. The highest BCUT2D eigenvalue weighted by Crippen LogP contribution is 2.10. The fourth-order valence-corrected chi connectivity index (χ4v) is 2.05. The Morgan fingerprint density at radius 3 is 2.52 bits per heavy atom. The van der Waals surface area contributed by atoms with Gasteiger partial charge in [0.2, 0.25) is 5.91 Å². The third kappa shape index (κ3) is 7.68. The Hall–Kier alpha value is -2.04. The fraction of sp³-hybridized carbons (Fsp3) is 0.556. The quantitative estimate of drug-likeness (QED) is 0.440. The summed E-state index contributed by atoms with van der Waals surface area (Å²) in [4.78, 5) is 17.7. The Balaban J connectivity index is 2.65. The van der Waals surface area contributed by atoms with E-state index in [0.29, 0.717) is 5.96 Å². The molecule has 5 heteroatoms. The van der Waals surface area contributed by atoms with Gasteiger partial charge >= 0.3 is 0 Å². The highest BCUT2D eigenvalue weighted by Gasteiger charge is 2.09. The molecule has 0 aliphatic carbocycles. The molecule has 1 rings (SSSR count). The molecule has 0 radical (unpaired) electrons. The second-order valence-electron chi connectivity index (χ2n) is 5.86. The molecule has 23 heavy (non-hydrogen) atoms. The van der Waals surface area contributed by atoms with Crippen LogP contribution in [0.1, 0.15) is 44.7 Å². The van der Waals surface area contributed by atoms with E-state index >= 15 is 0 Å². The van der Waals surface area contributed by atoms with Crippen LogP contribution in [-0.4, -0.2) is 44.0 Å². The lowest BCUT2D eigenvalue weighted by atomic mass is 10.1. The fourth-order valence-electron chi connectivity index (χ4n) is 2.05. The van der Waals surface area contributed by atoms with Gasteiger partial charge in [-0.25, -0.2) is 4.99 Å². The molecule has 0 heterocycles. The topological polar surface area (TPSA) is 56.7 Å². The molecule has 1 aromatic rings. The van der Waals surface area contributed by atoms with Crippen molar-refractivity contribution in [3.63, 3.8) is 0 Å². The maximum absolute atomic E-state index is 11.7. The van der Waals surface area contributed by atoms with Gasteiger partial charge in [0.15, 0.2) is 5.96 Å². The number of hydrogen-bond acceptors (Lipinski definition) is 2. The van der Waals surface area contributed by atoms with Crippen molar-refractivity contribution in [2.75, 3.05) is 27.2 Å². The minimum absolute atomic E-state index is 0.00739. The largest absolute Gasteiger partial charge is 0.356 e. The highest BCUT2D eigenvalue weighted by atomic mass is 16.2. The number of carbonyl (C=O) groups is 1. The molecule has 128 valence electrons. The lowest BCUT2D eigenvalue weighted by Crippen LogP contribution is -2.40. The molecule has 0 spiro atoms. The molecule has 2 N–H and O–H groups in total. The Kier molecular flexibility index (Phi) is 8.80. The third-order valence-corrected chi connectivity index (χ3v) is 3.60. The minimum Gasteiger partial charge on any atom is -0.356 e. The number of hydrogen-bond donors (Lipinski definition) is 2. The number of nitrogens with one attached hydrogen (secondary N) is 2. The van der Waals surface area contributed by atoms with Crippen LogP contribution in [0.4, 0.5) is 0 Å². The Bertz CT molecular complexity index is 485. The highest BCUT2D eigenvalue weighted by molar-refractivity contribution is 5.85. The van der Waals surface area contributed by atoms with Crippen LogP contribution >= 0.6 is 0 Å². The number of aliphatic imine (C=N–C) groups is 1. The first-order valence-electron chi connectivity index (χ1n) is 8.34. The summed E-state index contributed by atoms with van der Waals surface area (Å²) in [6.07, 6.45) is 3.46. The van der Waals surface area contributed by atoms with E-state index in [-0.39, 0.29) is 18.5 Å². The van der Waals surface area contributed by atoms with Gasteiger partial charge in [-0.1, -0.05) is 50.1 Å². The number of unbranched alkanes of at least 4 members (excludes halogenated alkanes) is 2. The van der Waals surface area contributed by atoms with Crippen molar-refractivity contribution in [1.82, 2.24) is 15.5 Å². The van der Waals surface area contributed by atoms with Crippen molar-refractivity contribution in [3.8, 4) is 0 Å². The minimum atomic E-state index is -0.00739. The number of nitrogens with zero attached hydrogens (tertiary/aromatic N) is 2. The van der Waals surface area contributed by atoms with Gasteiger partial charge in [0.25, 0.3) is 0 Å². The number of rotatable bonds is 8. The van der Waals surface area contributed by atoms with Crippen molar-refractivity contribution < 1.29 is 4.79 Å². The lowest BCUT2D eigenvalue weighted by Gasteiger charge is -2.19. The lowest BCUT2D eigenvalue weighted by molar-refractivity contribution is -0.127. The van der Waals surface area contributed by atoms with E-state index in [1.54, 1.807) is 19.0 Å². The van der Waals surface area contributed by atoms with Gasteiger partial charge in [-0.3, -0.25) is 4.79 Å². The van der Waals surface area contributed by atoms with E-state index in [1.165, 1.54) is 18.4 Å². The summed E-state index contributed by atoms with van der Waals surface area (Å²) in [5, 5.41) is 6.69. The van der Waals surface area contributed by atoms with Crippen LogP contribution < -0.4 is 10.6 Å². The van der Waals surface area contributed by atoms with Crippen molar-refractivity contribution >= 4 is 11.9 Å². The summed E-state index contributed by atoms with van der Waals surface area (Å²) in [7, 11) is 3.48. The van der Waals surface area contributed by atoms with Gasteiger partial charge in [0, 0.05) is 20.6 Å². The van der Waals surface area contributed by atoms with Gasteiger partial charge in [-0.15, -0.1) is 0 Å². The molecular formula is C18H30N4O. The summed E-state index contributed by atoms with van der Waals surface area (Å²) in [6, 6.07) is 10.3. The molecule has 0 saturated carbocycles. The number of carbonyl (C=O) groups excluding carboxylic acids is 1. The van der Waals surface area contributed by atoms with Gasteiger partial charge in [0.1, 0.15) is 6.54 Å². The standard InChI is InChI=1S/C18H30N4O/c1-5-6-10-13-19-18(20-14-17(23)22(3)4)21-15(2)16-11-8-7-9-12-16/h7-9,11-12,15H,5-6,10,13-14H2,1-4H3,(H2,19,20,21). The first-order valence-corrected chi connectivity index (χ1v) is 8.34. The zero-order chi connectivity index (χ0) is 17.1. The molecule has 0 aliphatic rings. The average Bonchev–Trinajstić information content (AvgIpc) is 2.56. The summed E-state index contributed by atoms with van der Waals surface area (Å²) in [5.41, 5.74) is 1.19. The molecular weight excluding hydrogens is 288 g/mol. The van der Waals surface area contributed by atoms with E-state index in [2.05, 4.69) is 41.6 Å². The number of amides is 1. The number of benzene rings is 1. The van der Waals surface area contributed by atoms with Crippen LogP contribution in [0, 0.1) is 0 Å². The van der Waals surface area contributed by atoms with E-state index in [9.17, 15) is 4.79 Å². The van der Waals surface area contributed by atoms with Crippen molar-refractivity contribution in [2.24, 2.45) is 4.99 Å². The molecule has 1 aromatic carbocycles. The molecule has 0 fully saturated rings. The van der Waals surface area contributed by atoms with Crippen molar-refractivity contribution in [1.29, 1.82) is 0 Å². The van der Waals surface area contributed by atoms with Crippen molar-refractivity contribution in [3.05, 3.63) is 35.9 Å². The van der Waals surface area contributed by atoms with E-state index in [0.717, 1.165) is 13.0 Å². The van der Waals surface area contributed by atoms with Gasteiger partial charge in [-0.2, -0.15) is 0 Å². The van der Waals surface area contributed by atoms with Crippen LogP contribution in [0.15, 0.2) is 35.3 Å². The monoisotopic (exact) mass is 318 g/mol. The van der Waals surface area contributed by atoms with Crippen LogP contribution in [0.2, 0.25) is 0 Å². The van der Waals surface area contributed by atoms with E-state index < -0.39 is 0 Å². The maximum Gasteiger partial charge on any atom is 0.243 e. The van der Waals surface area contributed by atoms with Crippen LogP contribution in [0.25, 0.3) is 0 Å². The zero-order valence-corrected chi connectivity index (χ0v) is 14.8. The Labute approximate surface area is 140 Å². The summed E-state index contributed by atoms with van der Waals surface area (Å²) >= 11 is 0. The van der Waals surface area contributed by atoms with Gasteiger partial charge in [-0.05, 0) is 18.9 Å². The molecule has 0 bridgehead atoms. The third-order valence-electron chi connectivity index (χ3n) is 3.60. The Morgan fingerprint density at radius 1 is 1.22 bits per heavy atom. The average molecular weight is 318 g/mol. The zero-order valence-electron chi connectivity index (χ0n) is 14.8. The van der Waals surface area contributed by atoms with Gasteiger partial charge in [0.05, 0.1) is 6.04 Å². The van der Waals surface area contributed by atoms with Crippen molar-refractivity contribution in [2.45, 2.75) is 39.2 Å². The first-order chi connectivity index (χ1) is 11.0. The molecule has 0 aromatic heterocycles. The van der Waals surface area contributed by atoms with E-state index in [4.69, 9.17) is 0 Å². The molecule has 0 saturated heterocycles.